The summed E-state index contributed by atoms with van der Waals surface area (Å²) in [6.07, 6.45) is 1.32. The van der Waals surface area contributed by atoms with Crippen molar-refractivity contribution in [3.8, 4) is 0 Å². The molecule has 1 saturated heterocycles. The average Bonchev–Trinajstić information content (AvgIpc) is 2.89. The van der Waals surface area contributed by atoms with Gasteiger partial charge in [0.15, 0.2) is 0 Å². The van der Waals surface area contributed by atoms with Gasteiger partial charge in [-0.2, -0.15) is 0 Å². The number of hydrogen-bond donors (Lipinski definition) is 1. The number of benzene rings is 1. The van der Waals surface area contributed by atoms with E-state index >= 15 is 0 Å². The van der Waals surface area contributed by atoms with Gasteiger partial charge in [-0.15, -0.1) is 0 Å². The number of fused-ring (bicyclic) bond motifs is 1. The van der Waals surface area contributed by atoms with Crippen LogP contribution in [0.25, 0.3) is 0 Å². The molecule has 2 aliphatic heterocycles. The van der Waals surface area contributed by atoms with Gasteiger partial charge >= 0.3 is 5.97 Å². The fourth-order valence-corrected chi connectivity index (χ4v) is 3.66. The van der Waals surface area contributed by atoms with Crippen molar-refractivity contribution < 1.29 is 14.3 Å². The normalized spacial score (nSPS) is 27.3. The molecule has 3 unspecified atom stereocenters. The highest BCUT2D eigenvalue weighted by Crippen LogP contribution is 2.41. The number of nitrogens with one attached hydrogen (secondary N) is 1. The van der Waals surface area contributed by atoms with Gasteiger partial charge < -0.3 is 15.0 Å². The molecule has 3 atom stereocenters. The molecule has 118 valence electrons. The molecule has 1 aromatic rings. The first kappa shape index (κ1) is 14.9. The van der Waals surface area contributed by atoms with E-state index in [0.29, 0.717) is 13.0 Å². The molecule has 0 aliphatic carbocycles. The SMILES string of the molecule is COC(=O)CC1CN(C2CCNC(=O)C2C)c2ccccc21. The summed E-state index contributed by atoms with van der Waals surface area (Å²) in [5.41, 5.74) is 2.34. The molecule has 22 heavy (non-hydrogen) atoms. The summed E-state index contributed by atoms with van der Waals surface area (Å²) in [6.45, 7) is 3.47. The average molecular weight is 302 g/mol. The predicted molar refractivity (Wildman–Crippen MR) is 83.7 cm³/mol. The Bertz CT molecular complexity index is 587. The van der Waals surface area contributed by atoms with Crippen LogP contribution in [0.2, 0.25) is 0 Å². The Kier molecular flexibility index (Phi) is 4.05. The number of esters is 1. The molecule has 1 fully saturated rings. The molecular weight excluding hydrogens is 280 g/mol. The molecule has 5 nitrogen and oxygen atoms in total. The van der Waals surface area contributed by atoms with Gasteiger partial charge in [0.1, 0.15) is 0 Å². The number of methoxy groups -OCH3 is 1. The highest BCUT2D eigenvalue weighted by molar-refractivity contribution is 5.81. The van der Waals surface area contributed by atoms with Crippen LogP contribution in [0.5, 0.6) is 0 Å². The summed E-state index contributed by atoms with van der Waals surface area (Å²) in [5.74, 6) is 0.0285. The summed E-state index contributed by atoms with van der Waals surface area (Å²) in [4.78, 5) is 26.0. The van der Waals surface area contributed by atoms with Crippen LogP contribution in [0.3, 0.4) is 0 Å². The van der Waals surface area contributed by atoms with Gasteiger partial charge in [0.25, 0.3) is 0 Å². The van der Waals surface area contributed by atoms with Crippen LogP contribution in [0.1, 0.15) is 31.2 Å². The Morgan fingerprint density at radius 1 is 1.41 bits per heavy atom. The monoisotopic (exact) mass is 302 g/mol. The van der Waals surface area contributed by atoms with Crippen molar-refractivity contribution in [2.24, 2.45) is 5.92 Å². The molecular formula is C17H22N2O3. The number of amides is 1. The van der Waals surface area contributed by atoms with Gasteiger partial charge in [-0.05, 0) is 18.1 Å². The number of nitrogens with zero attached hydrogens (tertiary/aromatic N) is 1. The van der Waals surface area contributed by atoms with Crippen molar-refractivity contribution in [2.45, 2.75) is 31.7 Å². The first-order valence-corrected chi connectivity index (χ1v) is 7.82. The molecule has 0 spiro atoms. The summed E-state index contributed by atoms with van der Waals surface area (Å²) >= 11 is 0. The lowest BCUT2D eigenvalue weighted by molar-refractivity contribution is -0.141. The predicted octanol–water partition coefficient (Wildman–Crippen LogP) is 1.68. The van der Waals surface area contributed by atoms with E-state index in [0.717, 1.165) is 18.7 Å². The quantitative estimate of drug-likeness (QED) is 0.863. The third-order valence-corrected chi connectivity index (χ3v) is 4.87. The molecule has 1 amide bonds. The lowest BCUT2D eigenvalue weighted by atomic mass is 9.92. The second-order valence-electron chi connectivity index (χ2n) is 6.12. The van der Waals surface area contributed by atoms with E-state index in [-0.39, 0.29) is 29.8 Å². The highest BCUT2D eigenvalue weighted by Gasteiger charge is 2.39. The summed E-state index contributed by atoms with van der Waals surface area (Å²) < 4.78 is 4.82. The van der Waals surface area contributed by atoms with Crippen molar-refractivity contribution in [2.75, 3.05) is 25.1 Å². The molecule has 2 heterocycles. The minimum absolute atomic E-state index is 0.0429. The van der Waals surface area contributed by atoms with E-state index in [1.807, 2.05) is 19.1 Å². The summed E-state index contributed by atoms with van der Waals surface area (Å²) in [7, 11) is 1.43. The van der Waals surface area contributed by atoms with Gasteiger partial charge in [0.2, 0.25) is 5.91 Å². The Hall–Kier alpha value is -2.04. The molecule has 0 saturated carbocycles. The van der Waals surface area contributed by atoms with E-state index in [4.69, 9.17) is 4.74 Å². The number of hydrogen-bond acceptors (Lipinski definition) is 4. The van der Waals surface area contributed by atoms with E-state index in [1.54, 1.807) is 0 Å². The van der Waals surface area contributed by atoms with Crippen LogP contribution in [0.15, 0.2) is 24.3 Å². The Balaban J connectivity index is 1.87. The number of carbonyl (C=O) groups is 2. The minimum Gasteiger partial charge on any atom is -0.469 e. The fourth-order valence-electron chi connectivity index (χ4n) is 3.66. The molecule has 1 aromatic carbocycles. The molecule has 1 N–H and O–H groups in total. The summed E-state index contributed by atoms with van der Waals surface area (Å²) in [6, 6.07) is 8.38. The molecule has 3 rings (SSSR count). The van der Waals surface area contributed by atoms with Gasteiger partial charge in [-0.1, -0.05) is 25.1 Å². The van der Waals surface area contributed by atoms with E-state index in [2.05, 4.69) is 22.3 Å². The van der Waals surface area contributed by atoms with Gasteiger partial charge in [-0.3, -0.25) is 9.59 Å². The third-order valence-electron chi connectivity index (χ3n) is 4.87. The maximum Gasteiger partial charge on any atom is 0.306 e. The number of ether oxygens (including phenoxy) is 1. The zero-order chi connectivity index (χ0) is 15.7. The zero-order valence-corrected chi connectivity index (χ0v) is 13.0. The third kappa shape index (κ3) is 2.56. The summed E-state index contributed by atoms with van der Waals surface area (Å²) in [5, 5.41) is 2.92. The minimum atomic E-state index is -0.184. The molecule has 0 bridgehead atoms. The lowest BCUT2D eigenvalue weighted by Crippen LogP contribution is -2.51. The van der Waals surface area contributed by atoms with Gasteiger partial charge in [0, 0.05) is 30.7 Å². The van der Waals surface area contributed by atoms with Crippen LogP contribution in [0.4, 0.5) is 5.69 Å². The zero-order valence-electron chi connectivity index (χ0n) is 13.0. The van der Waals surface area contributed by atoms with E-state index in [9.17, 15) is 9.59 Å². The van der Waals surface area contributed by atoms with Crippen LogP contribution >= 0.6 is 0 Å². The largest absolute Gasteiger partial charge is 0.469 e. The van der Waals surface area contributed by atoms with Crippen molar-refractivity contribution in [1.82, 2.24) is 5.32 Å². The van der Waals surface area contributed by atoms with Crippen LogP contribution in [-0.4, -0.2) is 38.1 Å². The fraction of sp³-hybridized carbons (Fsp3) is 0.529. The van der Waals surface area contributed by atoms with Crippen molar-refractivity contribution in [1.29, 1.82) is 0 Å². The number of rotatable bonds is 3. The second-order valence-corrected chi connectivity index (χ2v) is 6.12. The Morgan fingerprint density at radius 2 is 2.18 bits per heavy atom. The maximum atomic E-state index is 12.0. The molecule has 2 aliphatic rings. The van der Waals surface area contributed by atoms with Crippen LogP contribution < -0.4 is 10.2 Å². The Morgan fingerprint density at radius 3 is 2.95 bits per heavy atom. The van der Waals surface area contributed by atoms with Gasteiger partial charge in [-0.25, -0.2) is 0 Å². The second kappa shape index (κ2) is 5.99. The van der Waals surface area contributed by atoms with Crippen molar-refractivity contribution in [3.05, 3.63) is 29.8 Å². The number of piperidine rings is 1. The van der Waals surface area contributed by atoms with Crippen LogP contribution in [0, 0.1) is 5.92 Å². The Labute approximate surface area is 130 Å². The first-order valence-electron chi connectivity index (χ1n) is 7.82. The first-order chi connectivity index (χ1) is 10.6. The molecule has 5 heteroatoms. The molecule has 0 aromatic heterocycles. The topological polar surface area (TPSA) is 58.6 Å². The molecule has 0 radical (unpaired) electrons. The highest BCUT2D eigenvalue weighted by atomic mass is 16.5. The standard InChI is InChI=1S/C17H22N2O3/c1-11-14(7-8-18-17(11)21)19-10-12(9-16(20)22-2)13-5-3-4-6-15(13)19/h3-6,11-12,14H,7-10H2,1-2H3,(H,18,21). The number of anilines is 1. The van der Waals surface area contributed by atoms with E-state index in [1.165, 1.54) is 12.7 Å². The number of carbonyl (C=O) groups excluding carboxylic acids is 2. The number of para-hydroxylation sites is 1. The van der Waals surface area contributed by atoms with Gasteiger partial charge in [0.05, 0.1) is 19.4 Å². The van der Waals surface area contributed by atoms with Crippen molar-refractivity contribution >= 4 is 17.6 Å². The van der Waals surface area contributed by atoms with Crippen molar-refractivity contribution in [3.63, 3.8) is 0 Å². The van der Waals surface area contributed by atoms with Crippen LogP contribution in [-0.2, 0) is 14.3 Å². The smallest absolute Gasteiger partial charge is 0.306 e. The maximum absolute atomic E-state index is 12.0. The van der Waals surface area contributed by atoms with E-state index < -0.39 is 0 Å². The lowest BCUT2D eigenvalue weighted by Gasteiger charge is -2.37.